The third-order valence-electron chi connectivity index (χ3n) is 3.79. The van der Waals surface area contributed by atoms with Crippen LogP contribution in [0.2, 0.25) is 0 Å². The van der Waals surface area contributed by atoms with Gasteiger partial charge in [-0.05, 0) is 18.9 Å². The third kappa shape index (κ3) is 11.0. The summed E-state index contributed by atoms with van der Waals surface area (Å²) in [7, 11) is 3.51. The van der Waals surface area contributed by atoms with Gasteiger partial charge in [-0.2, -0.15) is 0 Å². The Kier molecular flexibility index (Phi) is 13.2. The van der Waals surface area contributed by atoms with Gasteiger partial charge in [0.1, 0.15) is 0 Å². The standard InChI is InChI=1S/C19H32N4O.HI/c1-5-6-8-11-16(2)22-19(21-15-18(24)23(3)4)20-14-17-12-9-7-10-13-17;/h7,9-10,12-13,16H,5-6,8,11,14-15H2,1-4H3,(H2,20,21,22);1H. The van der Waals surface area contributed by atoms with Crippen molar-refractivity contribution >= 4 is 35.8 Å². The molecular weight excluding hydrogens is 427 g/mol. The molecule has 0 saturated carbocycles. The lowest BCUT2D eigenvalue weighted by Gasteiger charge is -2.19. The maximum absolute atomic E-state index is 11.8. The molecule has 1 aromatic carbocycles. The normalized spacial score (nSPS) is 12.1. The van der Waals surface area contributed by atoms with Crippen molar-refractivity contribution in [2.75, 3.05) is 20.6 Å². The molecule has 0 saturated heterocycles. The number of hydrogen-bond donors (Lipinski definition) is 2. The van der Waals surface area contributed by atoms with Crippen molar-refractivity contribution in [1.82, 2.24) is 15.5 Å². The quantitative estimate of drug-likeness (QED) is 0.257. The number of nitrogens with one attached hydrogen (secondary N) is 2. The van der Waals surface area contributed by atoms with Gasteiger partial charge in [0.25, 0.3) is 0 Å². The molecule has 2 N–H and O–H groups in total. The number of carbonyl (C=O) groups is 1. The molecule has 0 aliphatic carbocycles. The molecule has 1 unspecified atom stereocenters. The molecule has 1 aromatic rings. The fraction of sp³-hybridized carbons (Fsp3) is 0.579. The highest BCUT2D eigenvalue weighted by Crippen LogP contribution is 2.03. The number of guanidine groups is 1. The number of benzene rings is 1. The van der Waals surface area contributed by atoms with Gasteiger partial charge in [-0.25, -0.2) is 4.99 Å². The molecule has 0 radical (unpaired) electrons. The Balaban J connectivity index is 0.00000576. The second-order valence-electron chi connectivity index (χ2n) is 6.33. The number of amides is 1. The molecule has 1 amide bonds. The van der Waals surface area contributed by atoms with E-state index in [4.69, 9.17) is 0 Å². The number of likely N-dealkylation sites (N-methyl/N-ethyl adjacent to an activating group) is 1. The van der Waals surface area contributed by atoms with Crippen molar-refractivity contribution in [1.29, 1.82) is 0 Å². The summed E-state index contributed by atoms with van der Waals surface area (Å²) in [6.07, 6.45) is 4.76. The Bertz CT molecular complexity index is 505. The monoisotopic (exact) mass is 460 g/mol. The van der Waals surface area contributed by atoms with Crippen molar-refractivity contribution in [3.05, 3.63) is 35.9 Å². The average molecular weight is 460 g/mol. The molecule has 1 rings (SSSR count). The fourth-order valence-electron chi connectivity index (χ4n) is 2.23. The van der Waals surface area contributed by atoms with Gasteiger partial charge in [0.2, 0.25) is 5.91 Å². The van der Waals surface area contributed by atoms with E-state index in [-0.39, 0.29) is 36.4 Å². The first-order valence-corrected chi connectivity index (χ1v) is 8.81. The van der Waals surface area contributed by atoms with Gasteiger partial charge in [0, 0.05) is 20.1 Å². The van der Waals surface area contributed by atoms with Crippen molar-refractivity contribution in [2.45, 2.75) is 52.1 Å². The molecule has 0 fully saturated rings. The highest BCUT2D eigenvalue weighted by atomic mass is 127. The van der Waals surface area contributed by atoms with Gasteiger partial charge in [-0.1, -0.05) is 56.5 Å². The second-order valence-corrected chi connectivity index (χ2v) is 6.33. The maximum atomic E-state index is 11.8. The molecule has 0 aliphatic rings. The minimum Gasteiger partial charge on any atom is -0.354 e. The summed E-state index contributed by atoms with van der Waals surface area (Å²) in [6, 6.07) is 10.4. The van der Waals surface area contributed by atoms with Crippen LogP contribution in [0.1, 0.15) is 45.1 Å². The van der Waals surface area contributed by atoms with Crippen molar-refractivity contribution in [2.24, 2.45) is 4.99 Å². The third-order valence-corrected chi connectivity index (χ3v) is 3.79. The minimum absolute atomic E-state index is 0. The lowest BCUT2D eigenvalue weighted by atomic mass is 10.1. The SMILES string of the molecule is CCCCCC(C)NC(=NCc1ccccc1)NCC(=O)N(C)C.I. The summed E-state index contributed by atoms with van der Waals surface area (Å²) in [6.45, 7) is 5.20. The Morgan fingerprint density at radius 3 is 2.48 bits per heavy atom. The molecule has 142 valence electrons. The van der Waals surface area contributed by atoms with Crippen molar-refractivity contribution in [3.63, 3.8) is 0 Å². The van der Waals surface area contributed by atoms with E-state index in [0.717, 1.165) is 12.0 Å². The first-order chi connectivity index (χ1) is 11.5. The summed E-state index contributed by atoms with van der Waals surface area (Å²) < 4.78 is 0. The second kappa shape index (κ2) is 13.9. The van der Waals surface area contributed by atoms with Crippen LogP contribution in [0, 0.1) is 0 Å². The van der Waals surface area contributed by atoms with E-state index in [1.807, 2.05) is 18.2 Å². The maximum Gasteiger partial charge on any atom is 0.241 e. The largest absolute Gasteiger partial charge is 0.354 e. The van der Waals surface area contributed by atoms with Gasteiger partial charge < -0.3 is 15.5 Å². The van der Waals surface area contributed by atoms with Crippen LogP contribution in [0.3, 0.4) is 0 Å². The molecule has 5 nitrogen and oxygen atoms in total. The number of carbonyl (C=O) groups excluding carboxylic acids is 1. The van der Waals surface area contributed by atoms with E-state index >= 15 is 0 Å². The van der Waals surface area contributed by atoms with Gasteiger partial charge in [-0.15, -0.1) is 24.0 Å². The van der Waals surface area contributed by atoms with Gasteiger partial charge in [0.05, 0.1) is 13.1 Å². The molecule has 0 aromatic heterocycles. The topological polar surface area (TPSA) is 56.7 Å². The van der Waals surface area contributed by atoms with Crippen molar-refractivity contribution in [3.8, 4) is 0 Å². The number of unbranched alkanes of at least 4 members (excludes halogenated alkanes) is 2. The zero-order valence-electron chi connectivity index (χ0n) is 15.9. The first kappa shape index (κ1) is 23.7. The Morgan fingerprint density at radius 1 is 1.20 bits per heavy atom. The lowest BCUT2D eigenvalue weighted by Crippen LogP contribution is -2.46. The van der Waals surface area contributed by atoms with Crippen LogP contribution in [0.5, 0.6) is 0 Å². The number of rotatable bonds is 9. The number of nitrogens with zero attached hydrogens (tertiary/aromatic N) is 2. The fourth-order valence-corrected chi connectivity index (χ4v) is 2.23. The molecule has 0 heterocycles. The van der Waals surface area contributed by atoms with E-state index < -0.39 is 0 Å². The minimum atomic E-state index is 0. The molecule has 0 aliphatic heterocycles. The van der Waals surface area contributed by atoms with E-state index in [2.05, 4.69) is 41.6 Å². The van der Waals surface area contributed by atoms with Crippen LogP contribution in [-0.2, 0) is 11.3 Å². The van der Waals surface area contributed by atoms with E-state index in [9.17, 15) is 4.79 Å². The zero-order chi connectivity index (χ0) is 17.8. The number of aliphatic imine (C=N–C) groups is 1. The first-order valence-electron chi connectivity index (χ1n) is 8.81. The highest BCUT2D eigenvalue weighted by molar-refractivity contribution is 14.0. The lowest BCUT2D eigenvalue weighted by molar-refractivity contribution is -0.127. The summed E-state index contributed by atoms with van der Waals surface area (Å²) in [5.74, 6) is 0.723. The molecule has 25 heavy (non-hydrogen) atoms. The Morgan fingerprint density at radius 2 is 1.88 bits per heavy atom. The predicted molar refractivity (Wildman–Crippen MR) is 116 cm³/mol. The van der Waals surface area contributed by atoms with Crippen LogP contribution in [0.15, 0.2) is 35.3 Å². The van der Waals surface area contributed by atoms with Crippen LogP contribution in [0.25, 0.3) is 0 Å². The predicted octanol–water partition coefficient (Wildman–Crippen LogP) is 3.40. The van der Waals surface area contributed by atoms with Gasteiger partial charge in [-0.3, -0.25) is 4.79 Å². The van der Waals surface area contributed by atoms with Gasteiger partial charge in [0.15, 0.2) is 5.96 Å². The van der Waals surface area contributed by atoms with Gasteiger partial charge >= 0.3 is 0 Å². The van der Waals surface area contributed by atoms with E-state index in [0.29, 0.717) is 18.5 Å². The summed E-state index contributed by atoms with van der Waals surface area (Å²) >= 11 is 0. The number of hydrogen-bond acceptors (Lipinski definition) is 2. The average Bonchev–Trinajstić information content (AvgIpc) is 2.58. The zero-order valence-corrected chi connectivity index (χ0v) is 18.2. The summed E-state index contributed by atoms with van der Waals surface area (Å²) in [4.78, 5) is 18.0. The Hall–Kier alpha value is -1.31. The molecule has 6 heteroatoms. The van der Waals surface area contributed by atoms with Crippen LogP contribution < -0.4 is 10.6 Å². The highest BCUT2D eigenvalue weighted by Gasteiger charge is 2.09. The van der Waals surface area contributed by atoms with E-state index in [1.165, 1.54) is 19.3 Å². The molecular formula is C19H33IN4O. The van der Waals surface area contributed by atoms with Crippen LogP contribution in [0.4, 0.5) is 0 Å². The van der Waals surface area contributed by atoms with Crippen LogP contribution >= 0.6 is 24.0 Å². The van der Waals surface area contributed by atoms with E-state index in [1.54, 1.807) is 19.0 Å². The summed E-state index contributed by atoms with van der Waals surface area (Å²) in [5.41, 5.74) is 1.15. The Labute approximate surface area is 169 Å². The molecule has 1 atom stereocenters. The number of halogens is 1. The molecule has 0 bridgehead atoms. The van der Waals surface area contributed by atoms with Crippen molar-refractivity contribution < 1.29 is 4.79 Å². The molecule has 0 spiro atoms. The summed E-state index contributed by atoms with van der Waals surface area (Å²) in [5, 5.41) is 6.55. The van der Waals surface area contributed by atoms with Crippen LogP contribution in [-0.4, -0.2) is 43.4 Å². The smallest absolute Gasteiger partial charge is 0.241 e.